The Labute approximate surface area is 128 Å². The van der Waals surface area contributed by atoms with Crippen LogP contribution in [0.1, 0.15) is 25.7 Å². The number of nitrogens with one attached hydrogen (secondary N) is 1. The molecule has 1 aliphatic carbocycles. The van der Waals surface area contributed by atoms with Crippen LogP contribution in [0.2, 0.25) is 0 Å². The summed E-state index contributed by atoms with van der Waals surface area (Å²) in [5.41, 5.74) is 0.0126. The van der Waals surface area contributed by atoms with E-state index in [1.54, 1.807) is 7.11 Å². The van der Waals surface area contributed by atoms with E-state index in [-0.39, 0.29) is 22.7 Å². The molecule has 1 saturated carbocycles. The van der Waals surface area contributed by atoms with Crippen LogP contribution in [0.15, 0.2) is 23.1 Å². The summed E-state index contributed by atoms with van der Waals surface area (Å²) in [6.07, 6.45) is 3.69. The SMILES string of the molecule is COC1CCC(Nc2ccc(S(N)(=O)=O)cc2[N+](=O)[O-])CC1. The second-order valence-corrected chi connectivity index (χ2v) is 6.90. The van der Waals surface area contributed by atoms with Crippen molar-refractivity contribution >= 4 is 21.4 Å². The number of sulfonamides is 1. The van der Waals surface area contributed by atoms with Gasteiger partial charge in [-0.1, -0.05) is 0 Å². The molecule has 0 aromatic heterocycles. The monoisotopic (exact) mass is 329 g/mol. The van der Waals surface area contributed by atoms with Gasteiger partial charge in [-0.15, -0.1) is 0 Å². The third kappa shape index (κ3) is 3.93. The highest BCUT2D eigenvalue weighted by molar-refractivity contribution is 7.89. The van der Waals surface area contributed by atoms with Gasteiger partial charge in [0.25, 0.3) is 5.69 Å². The first-order valence-corrected chi connectivity index (χ1v) is 8.46. The maximum atomic E-state index is 11.3. The van der Waals surface area contributed by atoms with Crippen molar-refractivity contribution in [2.45, 2.75) is 42.7 Å². The summed E-state index contributed by atoms with van der Waals surface area (Å²) in [5.74, 6) is 0. The molecule has 0 amide bonds. The summed E-state index contributed by atoms with van der Waals surface area (Å²) in [6, 6.07) is 3.75. The number of ether oxygens (including phenoxy) is 1. The molecule has 2 rings (SSSR count). The topological polar surface area (TPSA) is 125 Å². The van der Waals surface area contributed by atoms with E-state index < -0.39 is 14.9 Å². The Kier molecular flexibility index (Phi) is 4.99. The third-order valence-corrected chi connectivity index (χ3v) is 4.77. The van der Waals surface area contributed by atoms with Gasteiger partial charge in [-0.25, -0.2) is 13.6 Å². The number of rotatable bonds is 5. The van der Waals surface area contributed by atoms with Crippen molar-refractivity contribution in [3.8, 4) is 0 Å². The molecule has 0 unspecified atom stereocenters. The molecule has 0 radical (unpaired) electrons. The first-order chi connectivity index (χ1) is 10.3. The standard InChI is InChI=1S/C13H19N3O5S/c1-21-10-4-2-9(3-5-10)15-12-7-6-11(22(14,19)20)8-13(12)16(17)18/h6-10,15H,2-5H2,1H3,(H2,14,19,20). The number of hydrogen-bond acceptors (Lipinski definition) is 6. The number of anilines is 1. The first kappa shape index (κ1) is 16.7. The fourth-order valence-corrected chi connectivity index (χ4v) is 3.16. The second-order valence-electron chi connectivity index (χ2n) is 5.33. The average molecular weight is 329 g/mol. The molecule has 1 aromatic carbocycles. The Morgan fingerprint density at radius 1 is 1.32 bits per heavy atom. The number of nitrogens with two attached hydrogens (primary N) is 1. The molecule has 9 heteroatoms. The van der Waals surface area contributed by atoms with Crippen molar-refractivity contribution < 1.29 is 18.1 Å². The van der Waals surface area contributed by atoms with E-state index in [0.29, 0.717) is 5.69 Å². The van der Waals surface area contributed by atoms with Gasteiger partial charge in [0.15, 0.2) is 0 Å². The van der Waals surface area contributed by atoms with Crippen LogP contribution >= 0.6 is 0 Å². The average Bonchev–Trinajstić information content (AvgIpc) is 2.47. The molecule has 0 bridgehead atoms. The molecule has 8 nitrogen and oxygen atoms in total. The molecule has 0 aliphatic heterocycles. The van der Waals surface area contributed by atoms with Crippen LogP contribution in [0.5, 0.6) is 0 Å². The molecule has 0 saturated heterocycles. The van der Waals surface area contributed by atoms with Gasteiger partial charge in [-0.2, -0.15) is 0 Å². The third-order valence-electron chi connectivity index (χ3n) is 3.86. The number of hydrogen-bond donors (Lipinski definition) is 2. The van der Waals surface area contributed by atoms with Crippen LogP contribution < -0.4 is 10.5 Å². The summed E-state index contributed by atoms with van der Waals surface area (Å²) in [5, 5.41) is 19.3. The lowest BCUT2D eigenvalue weighted by Gasteiger charge is -2.28. The van der Waals surface area contributed by atoms with Crippen LogP contribution in [0.4, 0.5) is 11.4 Å². The van der Waals surface area contributed by atoms with Crippen LogP contribution in [0.3, 0.4) is 0 Å². The summed E-state index contributed by atoms with van der Waals surface area (Å²) in [6.45, 7) is 0. The van der Waals surface area contributed by atoms with Crippen molar-refractivity contribution in [3.05, 3.63) is 28.3 Å². The summed E-state index contributed by atoms with van der Waals surface area (Å²) in [4.78, 5) is 10.3. The van der Waals surface area contributed by atoms with Gasteiger partial charge in [0.2, 0.25) is 10.0 Å². The summed E-state index contributed by atoms with van der Waals surface area (Å²) >= 11 is 0. The minimum Gasteiger partial charge on any atom is -0.381 e. The van der Waals surface area contributed by atoms with Crippen molar-refractivity contribution in [1.82, 2.24) is 0 Å². The summed E-state index contributed by atoms with van der Waals surface area (Å²) < 4.78 is 27.9. The number of nitro benzene ring substituents is 1. The van der Waals surface area contributed by atoms with Gasteiger partial charge >= 0.3 is 0 Å². The minimum absolute atomic E-state index is 0.102. The Bertz CT molecular complexity index is 654. The summed E-state index contributed by atoms with van der Waals surface area (Å²) in [7, 11) is -2.29. The van der Waals surface area contributed by atoms with E-state index in [9.17, 15) is 18.5 Å². The van der Waals surface area contributed by atoms with Crippen LogP contribution in [-0.4, -0.2) is 32.6 Å². The molecule has 0 heterocycles. The van der Waals surface area contributed by atoms with Gasteiger partial charge in [-0.3, -0.25) is 10.1 Å². The van der Waals surface area contributed by atoms with E-state index in [1.165, 1.54) is 12.1 Å². The molecule has 1 aromatic rings. The van der Waals surface area contributed by atoms with E-state index >= 15 is 0 Å². The predicted octanol–water partition coefficient (Wildman–Crippen LogP) is 1.61. The second kappa shape index (κ2) is 6.59. The maximum Gasteiger partial charge on any atom is 0.293 e. The Hall–Kier alpha value is -1.71. The fourth-order valence-electron chi connectivity index (χ4n) is 2.62. The molecule has 22 heavy (non-hydrogen) atoms. The van der Waals surface area contributed by atoms with Crippen molar-refractivity contribution in [1.29, 1.82) is 0 Å². The molecular formula is C13H19N3O5S. The van der Waals surface area contributed by atoms with Gasteiger partial charge in [-0.05, 0) is 37.8 Å². The number of methoxy groups -OCH3 is 1. The smallest absolute Gasteiger partial charge is 0.293 e. The molecule has 0 atom stereocenters. The highest BCUT2D eigenvalue weighted by Crippen LogP contribution is 2.30. The van der Waals surface area contributed by atoms with Crippen LogP contribution in [-0.2, 0) is 14.8 Å². The lowest BCUT2D eigenvalue weighted by molar-refractivity contribution is -0.384. The van der Waals surface area contributed by atoms with Gasteiger partial charge in [0.1, 0.15) is 5.69 Å². The van der Waals surface area contributed by atoms with Crippen LogP contribution in [0, 0.1) is 10.1 Å². The van der Waals surface area contributed by atoms with Crippen molar-refractivity contribution in [2.24, 2.45) is 5.14 Å². The van der Waals surface area contributed by atoms with E-state index in [4.69, 9.17) is 9.88 Å². The van der Waals surface area contributed by atoms with E-state index in [2.05, 4.69) is 5.32 Å². The highest BCUT2D eigenvalue weighted by atomic mass is 32.2. The molecule has 1 aliphatic rings. The van der Waals surface area contributed by atoms with Gasteiger partial charge in [0, 0.05) is 19.2 Å². The lowest BCUT2D eigenvalue weighted by atomic mass is 9.93. The molecule has 0 spiro atoms. The van der Waals surface area contributed by atoms with E-state index in [0.717, 1.165) is 31.7 Å². The normalized spacial score (nSPS) is 22.3. The van der Waals surface area contributed by atoms with Crippen molar-refractivity contribution in [3.63, 3.8) is 0 Å². The maximum absolute atomic E-state index is 11.3. The van der Waals surface area contributed by atoms with Crippen LogP contribution in [0.25, 0.3) is 0 Å². The van der Waals surface area contributed by atoms with Gasteiger partial charge in [0.05, 0.1) is 15.9 Å². The van der Waals surface area contributed by atoms with Gasteiger partial charge < -0.3 is 10.1 Å². The Balaban J connectivity index is 2.19. The Morgan fingerprint density at radius 3 is 2.45 bits per heavy atom. The predicted molar refractivity (Wildman–Crippen MR) is 81.1 cm³/mol. The number of primary sulfonamides is 1. The largest absolute Gasteiger partial charge is 0.381 e. The molecule has 3 N–H and O–H groups in total. The molecule has 1 fully saturated rings. The zero-order valence-electron chi connectivity index (χ0n) is 12.2. The fraction of sp³-hybridized carbons (Fsp3) is 0.538. The zero-order valence-corrected chi connectivity index (χ0v) is 13.0. The quantitative estimate of drug-likeness (QED) is 0.624. The van der Waals surface area contributed by atoms with E-state index in [1.807, 2.05) is 0 Å². The highest BCUT2D eigenvalue weighted by Gasteiger charge is 2.24. The molecule has 122 valence electrons. The lowest BCUT2D eigenvalue weighted by Crippen LogP contribution is -2.29. The number of nitrogens with zero attached hydrogens (tertiary/aromatic N) is 1. The number of benzene rings is 1. The number of nitro groups is 1. The zero-order chi connectivity index (χ0) is 16.3. The van der Waals surface area contributed by atoms with Crippen molar-refractivity contribution in [2.75, 3.05) is 12.4 Å². The minimum atomic E-state index is -3.97. The Morgan fingerprint density at radius 2 is 1.95 bits per heavy atom. The molecular weight excluding hydrogens is 310 g/mol. The first-order valence-electron chi connectivity index (χ1n) is 6.92.